The summed E-state index contributed by atoms with van der Waals surface area (Å²) in [5, 5.41) is -0.730. The van der Waals surface area contributed by atoms with Gasteiger partial charge in [-0.25, -0.2) is 26.8 Å². The van der Waals surface area contributed by atoms with Crippen LogP contribution in [0.2, 0.25) is 0 Å². The Morgan fingerprint density at radius 2 is 2.00 bits per heavy atom. The third-order valence-corrected chi connectivity index (χ3v) is 8.91. The fourth-order valence-electron chi connectivity index (χ4n) is 3.50. The minimum absolute atomic E-state index is 0.0146. The van der Waals surface area contributed by atoms with Crippen molar-refractivity contribution in [2.75, 3.05) is 37.8 Å². The van der Waals surface area contributed by atoms with Crippen molar-refractivity contribution in [1.29, 1.82) is 0 Å². The zero-order chi connectivity index (χ0) is 18.6. The van der Waals surface area contributed by atoms with E-state index in [1.54, 1.807) is 11.1 Å². The van der Waals surface area contributed by atoms with Gasteiger partial charge in [0.2, 0.25) is 16.0 Å². The highest BCUT2D eigenvalue weighted by atomic mass is 32.2. The molecule has 8 nitrogen and oxygen atoms in total. The SMILES string of the molecule is CC(C)CS(=O)(=O)N1C[C@@H]2c3nc(N(C)C)ncc3CS(=O)(=O)[C@@H]2C1. The first-order chi connectivity index (χ1) is 11.5. The van der Waals surface area contributed by atoms with Crippen LogP contribution in [0.4, 0.5) is 5.95 Å². The third-order valence-electron chi connectivity index (χ3n) is 4.62. The van der Waals surface area contributed by atoms with Crippen molar-refractivity contribution in [3.05, 3.63) is 17.5 Å². The van der Waals surface area contributed by atoms with Gasteiger partial charge in [0, 0.05) is 44.9 Å². The summed E-state index contributed by atoms with van der Waals surface area (Å²) >= 11 is 0. The molecule has 0 N–H and O–H groups in total. The lowest BCUT2D eigenvalue weighted by atomic mass is 10.00. The second kappa shape index (κ2) is 6.17. The molecule has 3 rings (SSSR count). The Morgan fingerprint density at radius 1 is 1.32 bits per heavy atom. The lowest BCUT2D eigenvalue weighted by Gasteiger charge is -2.27. The fourth-order valence-corrected chi connectivity index (χ4v) is 7.42. The molecule has 140 valence electrons. The molecule has 0 unspecified atom stereocenters. The standard InChI is InChI=1S/C15H24N4O4S2/c1-10(2)8-25(22,23)19-6-12-13(7-19)24(20,21)9-11-5-16-15(18(3)4)17-14(11)12/h5,10,12-13H,6-9H2,1-4H3/t12-,13+/m0/s1. The normalized spacial score (nSPS) is 25.6. The van der Waals surface area contributed by atoms with Crippen LogP contribution in [0, 0.1) is 5.92 Å². The Labute approximate surface area is 149 Å². The predicted molar refractivity (Wildman–Crippen MR) is 95.7 cm³/mol. The van der Waals surface area contributed by atoms with E-state index in [9.17, 15) is 16.8 Å². The van der Waals surface area contributed by atoms with E-state index in [1.165, 1.54) is 4.31 Å². The van der Waals surface area contributed by atoms with E-state index in [1.807, 2.05) is 27.9 Å². The van der Waals surface area contributed by atoms with Crippen LogP contribution < -0.4 is 4.90 Å². The molecule has 10 heteroatoms. The number of aromatic nitrogens is 2. The van der Waals surface area contributed by atoms with Gasteiger partial charge in [-0.2, -0.15) is 4.31 Å². The van der Waals surface area contributed by atoms with E-state index in [-0.39, 0.29) is 30.5 Å². The maximum absolute atomic E-state index is 12.7. The van der Waals surface area contributed by atoms with Gasteiger partial charge >= 0.3 is 0 Å². The lowest BCUT2D eigenvalue weighted by Crippen LogP contribution is -2.36. The van der Waals surface area contributed by atoms with Crippen LogP contribution in [0.1, 0.15) is 31.0 Å². The van der Waals surface area contributed by atoms with Crippen LogP contribution in [-0.4, -0.2) is 69.3 Å². The first-order valence-corrected chi connectivity index (χ1v) is 11.6. The van der Waals surface area contributed by atoms with Crippen LogP contribution >= 0.6 is 0 Å². The van der Waals surface area contributed by atoms with Gasteiger partial charge in [0.1, 0.15) is 0 Å². The number of rotatable bonds is 4. The molecule has 0 spiro atoms. The largest absolute Gasteiger partial charge is 0.347 e. The predicted octanol–water partition coefficient (Wildman–Crippen LogP) is 0.225. The molecular formula is C15H24N4O4S2. The number of hydrogen-bond donors (Lipinski definition) is 0. The van der Waals surface area contributed by atoms with Crippen molar-refractivity contribution < 1.29 is 16.8 Å². The summed E-state index contributed by atoms with van der Waals surface area (Å²) in [5.74, 6) is -0.0571. The van der Waals surface area contributed by atoms with Crippen LogP contribution in [0.3, 0.4) is 0 Å². The molecule has 0 radical (unpaired) electrons. The highest BCUT2D eigenvalue weighted by Crippen LogP contribution is 2.40. The number of sulfone groups is 1. The summed E-state index contributed by atoms with van der Waals surface area (Å²) in [7, 11) is -3.29. The summed E-state index contributed by atoms with van der Waals surface area (Å²) in [5.41, 5.74) is 1.25. The van der Waals surface area contributed by atoms with Crippen molar-refractivity contribution in [2.24, 2.45) is 5.92 Å². The highest BCUT2D eigenvalue weighted by molar-refractivity contribution is 7.91. The summed E-state index contributed by atoms with van der Waals surface area (Å²) < 4.78 is 51.8. The van der Waals surface area contributed by atoms with E-state index in [0.29, 0.717) is 17.2 Å². The molecule has 25 heavy (non-hydrogen) atoms. The zero-order valence-corrected chi connectivity index (χ0v) is 16.5. The third kappa shape index (κ3) is 3.39. The van der Waals surface area contributed by atoms with Gasteiger partial charge in [-0.15, -0.1) is 0 Å². The minimum atomic E-state index is -3.48. The Bertz CT molecular complexity index is 881. The average molecular weight is 389 g/mol. The van der Waals surface area contributed by atoms with Crippen molar-refractivity contribution >= 4 is 25.8 Å². The number of fused-ring (bicyclic) bond motifs is 3. The minimum Gasteiger partial charge on any atom is -0.347 e. The molecule has 0 amide bonds. The Balaban J connectivity index is 2.01. The average Bonchev–Trinajstić information content (AvgIpc) is 2.92. The smallest absolute Gasteiger partial charge is 0.225 e. The van der Waals surface area contributed by atoms with Gasteiger partial charge < -0.3 is 4.90 Å². The maximum atomic E-state index is 12.7. The Kier molecular flexibility index (Phi) is 4.57. The van der Waals surface area contributed by atoms with Crippen molar-refractivity contribution in [3.8, 4) is 0 Å². The van der Waals surface area contributed by atoms with Gasteiger partial charge in [0.25, 0.3) is 0 Å². The van der Waals surface area contributed by atoms with Gasteiger partial charge in [-0.1, -0.05) is 13.8 Å². The van der Waals surface area contributed by atoms with Gasteiger partial charge in [0.05, 0.1) is 22.4 Å². The van der Waals surface area contributed by atoms with E-state index >= 15 is 0 Å². The molecule has 0 bridgehead atoms. The first-order valence-electron chi connectivity index (χ1n) is 8.24. The van der Waals surface area contributed by atoms with E-state index < -0.39 is 31.0 Å². The molecule has 1 saturated heterocycles. The molecule has 1 aromatic rings. The van der Waals surface area contributed by atoms with Gasteiger partial charge in [-0.05, 0) is 5.92 Å². The molecule has 3 heterocycles. The molecule has 0 saturated carbocycles. The van der Waals surface area contributed by atoms with Crippen molar-refractivity contribution in [2.45, 2.75) is 30.8 Å². The summed E-state index contributed by atoms with van der Waals surface area (Å²) in [6.45, 7) is 3.85. The van der Waals surface area contributed by atoms with Crippen LogP contribution in [0.15, 0.2) is 6.20 Å². The Hall–Kier alpha value is -1.26. The van der Waals surface area contributed by atoms with Gasteiger partial charge in [0.15, 0.2) is 9.84 Å². The number of anilines is 1. The topological polar surface area (TPSA) is 101 Å². The van der Waals surface area contributed by atoms with Crippen molar-refractivity contribution in [3.63, 3.8) is 0 Å². The molecule has 1 aromatic heterocycles. The van der Waals surface area contributed by atoms with Gasteiger partial charge in [-0.3, -0.25) is 0 Å². The highest BCUT2D eigenvalue weighted by Gasteiger charge is 2.50. The number of nitrogens with zero attached hydrogens (tertiary/aromatic N) is 4. The number of hydrogen-bond acceptors (Lipinski definition) is 7. The second-order valence-electron chi connectivity index (χ2n) is 7.42. The lowest BCUT2D eigenvalue weighted by molar-refractivity contribution is 0.465. The van der Waals surface area contributed by atoms with E-state index in [0.717, 1.165) is 0 Å². The second-order valence-corrected chi connectivity index (χ2v) is 11.6. The zero-order valence-electron chi connectivity index (χ0n) is 14.9. The first kappa shape index (κ1) is 18.5. The summed E-state index contributed by atoms with van der Waals surface area (Å²) in [6.07, 6.45) is 1.55. The molecule has 0 aliphatic carbocycles. The molecule has 2 aliphatic heterocycles. The summed E-state index contributed by atoms with van der Waals surface area (Å²) in [6, 6.07) is 0. The molecular weight excluding hydrogens is 364 g/mol. The monoisotopic (exact) mass is 388 g/mol. The molecule has 1 fully saturated rings. The van der Waals surface area contributed by atoms with E-state index in [4.69, 9.17) is 0 Å². The fraction of sp³-hybridized carbons (Fsp3) is 0.733. The summed E-state index contributed by atoms with van der Waals surface area (Å²) in [4.78, 5) is 10.5. The van der Waals surface area contributed by atoms with Crippen molar-refractivity contribution in [1.82, 2.24) is 14.3 Å². The Morgan fingerprint density at radius 3 is 2.60 bits per heavy atom. The van der Waals surface area contributed by atoms with Crippen LogP contribution in [0.25, 0.3) is 0 Å². The van der Waals surface area contributed by atoms with Crippen LogP contribution in [-0.2, 0) is 25.6 Å². The quantitative estimate of drug-likeness (QED) is 0.727. The molecule has 0 aromatic carbocycles. The van der Waals surface area contributed by atoms with E-state index in [2.05, 4.69) is 9.97 Å². The van der Waals surface area contributed by atoms with Crippen LogP contribution in [0.5, 0.6) is 0 Å². The molecule has 2 atom stereocenters. The maximum Gasteiger partial charge on any atom is 0.225 e. The number of sulfonamides is 1. The molecule has 2 aliphatic rings.